The molecule has 0 fully saturated rings. The molecule has 1 heterocycles. The first kappa shape index (κ1) is 12.4. The predicted molar refractivity (Wildman–Crippen MR) is 60.2 cm³/mol. The van der Waals surface area contributed by atoms with Crippen LogP contribution in [0.15, 0.2) is 18.2 Å². The van der Waals surface area contributed by atoms with Crippen molar-refractivity contribution in [1.82, 2.24) is 5.32 Å². The summed E-state index contributed by atoms with van der Waals surface area (Å²) in [6, 6.07) is 4.30. The highest BCUT2D eigenvalue weighted by atomic mass is 79.9. The van der Waals surface area contributed by atoms with E-state index in [9.17, 15) is 18.0 Å². The van der Waals surface area contributed by atoms with Crippen molar-refractivity contribution >= 4 is 21.8 Å². The predicted octanol–water partition coefficient (Wildman–Crippen LogP) is 2.97. The molecule has 0 saturated carbocycles. The molecule has 0 radical (unpaired) electrons. The van der Waals surface area contributed by atoms with Gasteiger partial charge in [0.05, 0.1) is 0 Å². The molecule has 1 unspecified atom stereocenters. The Labute approximate surface area is 104 Å². The third kappa shape index (κ3) is 2.46. The van der Waals surface area contributed by atoms with Crippen molar-refractivity contribution in [2.75, 3.05) is 6.54 Å². The highest BCUT2D eigenvalue weighted by Gasteiger charge is 2.39. The molecule has 1 amide bonds. The summed E-state index contributed by atoms with van der Waals surface area (Å²) >= 11 is 2.60. The number of carbonyl (C=O) groups is 1. The van der Waals surface area contributed by atoms with Gasteiger partial charge in [-0.05, 0) is 23.6 Å². The Bertz CT molecular complexity index is 459. The molecule has 0 aromatic heterocycles. The van der Waals surface area contributed by atoms with Crippen LogP contribution in [0.5, 0.6) is 0 Å². The van der Waals surface area contributed by atoms with Crippen molar-refractivity contribution in [3.05, 3.63) is 34.9 Å². The molecule has 1 atom stereocenters. The maximum atomic E-state index is 12.5. The molecular formula is C11H9BrF3NO. The third-order valence-corrected chi connectivity index (χ3v) is 3.69. The normalized spacial score (nSPS) is 17.3. The Balaban J connectivity index is 2.39. The van der Waals surface area contributed by atoms with Gasteiger partial charge in [-0.15, -0.1) is 0 Å². The molecule has 2 rings (SSSR count). The molecule has 1 aliphatic heterocycles. The van der Waals surface area contributed by atoms with Crippen LogP contribution < -0.4 is 5.32 Å². The summed E-state index contributed by atoms with van der Waals surface area (Å²) in [5.41, 5.74) is 1.18. The number of carbonyl (C=O) groups excluding carboxylic acids is 1. The van der Waals surface area contributed by atoms with Crippen LogP contribution in [-0.4, -0.2) is 18.6 Å². The number of halogens is 4. The summed E-state index contributed by atoms with van der Waals surface area (Å²) in [4.78, 5) is 9.76. The lowest BCUT2D eigenvalue weighted by atomic mass is 9.97. The van der Waals surface area contributed by atoms with Gasteiger partial charge in [0.15, 0.2) is 0 Å². The van der Waals surface area contributed by atoms with E-state index in [0.717, 1.165) is 5.56 Å². The zero-order chi connectivity index (χ0) is 12.6. The average molecular weight is 308 g/mol. The molecule has 0 saturated heterocycles. The van der Waals surface area contributed by atoms with Crippen LogP contribution in [0.3, 0.4) is 0 Å². The number of benzene rings is 1. The first-order chi connectivity index (χ1) is 7.89. The smallest absolute Gasteiger partial charge is 0.352 e. The molecule has 17 heavy (non-hydrogen) atoms. The van der Waals surface area contributed by atoms with Crippen molar-refractivity contribution in [2.45, 2.75) is 17.4 Å². The minimum Gasteiger partial charge on any atom is -0.352 e. The molecule has 92 valence electrons. The van der Waals surface area contributed by atoms with E-state index in [4.69, 9.17) is 0 Å². The molecule has 1 N–H and O–H groups in total. The van der Waals surface area contributed by atoms with Crippen molar-refractivity contribution in [3.8, 4) is 0 Å². The van der Waals surface area contributed by atoms with E-state index in [1.54, 1.807) is 6.07 Å². The Hall–Kier alpha value is -1.04. The van der Waals surface area contributed by atoms with Gasteiger partial charge in [-0.1, -0.05) is 28.1 Å². The topological polar surface area (TPSA) is 29.1 Å². The van der Waals surface area contributed by atoms with Crippen LogP contribution in [0.25, 0.3) is 0 Å². The molecule has 1 aromatic carbocycles. The second-order valence-electron chi connectivity index (χ2n) is 3.83. The fourth-order valence-corrected chi connectivity index (χ4v) is 2.06. The Morgan fingerprint density at radius 3 is 2.71 bits per heavy atom. The van der Waals surface area contributed by atoms with Gasteiger partial charge in [0, 0.05) is 12.1 Å². The number of fused-ring (bicyclic) bond motifs is 1. The van der Waals surface area contributed by atoms with Crippen LogP contribution in [-0.2, 0) is 6.42 Å². The van der Waals surface area contributed by atoms with E-state index in [2.05, 4.69) is 21.2 Å². The maximum Gasteiger partial charge on any atom is 0.405 e. The summed E-state index contributed by atoms with van der Waals surface area (Å²) in [6.45, 7) is 0.530. The van der Waals surface area contributed by atoms with E-state index in [1.165, 1.54) is 12.1 Å². The van der Waals surface area contributed by atoms with E-state index >= 15 is 0 Å². The van der Waals surface area contributed by atoms with Crippen molar-refractivity contribution in [2.24, 2.45) is 0 Å². The molecular weight excluding hydrogens is 299 g/mol. The Morgan fingerprint density at radius 2 is 2.06 bits per heavy atom. The third-order valence-electron chi connectivity index (χ3n) is 2.64. The van der Waals surface area contributed by atoms with Gasteiger partial charge in [-0.25, -0.2) is 0 Å². The van der Waals surface area contributed by atoms with Crippen LogP contribution in [0.1, 0.15) is 26.3 Å². The quantitative estimate of drug-likeness (QED) is 0.794. The monoisotopic (exact) mass is 307 g/mol. The minimum absolute atomic E-state index is 0.0494. The summed E-state index contributed by atoms with van der Waals surface area (Å²) < 4.78 is 37.6. The molecule has 0 spiro atoms. The van der Waals surface area contributed by atoms with Crippen LogP contribution >= 0.6 is 15.9 Å². The second-order valence-corrected chi connectivity index (χ2v) is 4.74. The Morgan fingerprint density at radius 1 is 1.35 bits per heavy atom. The van der Waals surface area contributed by atoms with Gasteiger partial charge in [-0.3, -0.25) is 4.79 Å². The van der Waals surface area contributed by atoms with Gasteiger partial charge < -0.3 is 5.32 Å². The lowest BCUT2D eigenvalue weighted by Crippen LogP contribution is -2.32. The largest absolute Gasteiger partial charge is 0.405 e. The van der Waals surface area contributed by atoms with Crippen molar-refractivity contribution < 1.29 is 18.0 Å². The zero-order valence-corrected chi connectivity index (χ0v) is 10.2. The van der Waals surface area contributed by atoms with Gasteiger partial charge in [0.2, 0.25) is 0 Å². The van der Waals surface area contributed by atoms with Gasteiger partial charge in [0.25, 0.3) is 5.91 Å². The summed E-state index contributed by atoms with van der Waals surface area (Å²) in [7, 11) is 0. The molecule has 2 nitrogen and oxygen atoms in total. The van der Waals surface area contributed by atoms with Crippen LogP contribution in [0.4, 0.5) is 13.2 Å². The van der Waals surface area contributed by atoms with E-state index in [-0.39, 0.29) is 11.5 Å². The van der Waals surface area contributed by atoms with Gasteiger partial charge in [-0.2, -0.15) is 13.2 Å². The maximum absolute atomic E-state index is 12.5. The highest BCUT2D eigenvalue weighted by molar-refractivity contribution is 9.09. The van der Waals surface area contributed by atoms with E-state index in [0.29, 0.717) is 18.5 Å². The van der Waals surface area contributed by atoms with Crippen molar-refractivity contribution in [1.29, 1.82) is 0 Å². The van der Waals surface area contributed by atoms with Crippen LogP contribution in [0, 0.1) is 0 Å². The fourth-order valence-electron chi connectivity index (χ4n) is 1.78. The highest BCUT2D eigenvalue weighted by Crippen LogP contribution is 2.40. The lowest BCUT2D eigenvalue weighted by Gasteiger charge is -2.20. The van der Waals surface area contributed by atoms with E-state index in [1.807, 2.05) is 0 Å². The lowest BCUT2D eigenvalue weighted by molar-refractivity contribution is -0.128. The number of rotatable bonds is 1. The molecule has 1 aliphatic rings. The number of hydrogen-bond donors (Lipinski definition) is 1. The fraction of sp³-hybridized carbons (Fsp3) is 0.364. The zero-order valence-electron chi connectivity index (χ0n) is 8.64. The standard InChI is InChI=1S/C11H9BrF3NO/c12-9(11(13,14)15)7-2-1-6-3-4-16-10(17)8(6)5-7/h1-2,5,9H,3-4H2,(H,16,17). The molecule has 1 aromatic rings. The number of amides is 1. The Kier molecular flexibility index (Phi) is 3.16. The number of nitrogens with one attached hydrogen (secondary N) is 1. The SMILES string of the molecule is O=C1NCCc2ccc(C(Br)C(F)(F)F)cc21. The summed E-state index contributed by atoms with van der Waals surface area (Å²) in [6.07, 6.45) is -3.71. The average Bonchev–Trinajstić information content (AvgIpc) is 2.27. The minimum atomic E-state index is -4.36. The molecule has 6 heteroatoms. The molecule has 0 aliphatic carbocycles. The van der Waals surface area contributed by atoms with Crippen LogP contribution in [0.2, 0.25) is 0 Å². The summed E-state index contributed by atoms with van der Waals surface area (Å²) in [5, 5.41) is 2.61. The van der Waals surface area contributed by atoms with Gasteiger partial charge >= 0.3 is 6.18 Å². The number of hydrogen-bond acceptors (Lipinski definition) is 1. The summed E-state index contributed by atoms with van der Waals surface area (Å²) in [5.74, 6) is -0.310. The van der Waals surface area contributed by atoms with Crippen molar-refractivity contribution in [3.63, 3.8) is 0 Å². The first-order valence-corrected chi connectivity index (χ1v) is 5.93. The molecule has 0 bridgehead atoms. The van der Waals surface area contributed by atoms with Gasteiger partial charge in [0.1, 0.15) is 4.83 Å². The second kappa shape index (κ2) is 4.33. The number of alkyl halides is 4. The first-order valence-electron chi connectivity index (χ1n) is 5.01. The van der Waals surface area contributed by atoms with E-state index < -0.39 is 11.0 Å².